The van der Waals surface area contributed by atoms with Gasteiger partial charge in [-0.1, -0.05) is 112 Å². The second-order valence-electron chi connectivity index (χ2n) is 16.1. The Bertz CT molecular complexity index is 1070. The number of hydrogen-bond donors (Lipinski definition) is 0. The highest BCUT2D eigenvalue weighted by Crippen LogP contribution is 2.31. The van der Waals surface area contributed by atoms with E-state index in [-0.39, 0.29) is 0 Å². The van der Waals surface area contributed by atoms with Crippen molar-refractivity contribution in [1.82, 2.24) is 0 Å². The Labute approximate surface area is 291 Å². The molecule has 0 aromatic heterocycles. The van der Waals surface area contributed by atoms with Crippen LogP contribution in [-0.2, 0) is 30.4 Å². The lowest BCUT2D eigenvalue weighted by Crippen LogP contribution is -2.07. The second kappa shape index (κ2) is 21.8. The van der Waals surface area contributed by atoms with Gasteiger partial charge in [-0.2, -0.15) is 0 Å². The highest BCUT2D eigenvalue weighted by atomic mass is 16.5. The van der Waals surface area contributed by atoms with Crippen LogP contribution in [0.1, 0.15) is 153 Å². The maximum absolute atomic E-state index is 5.99. The zero-order valence-electron chi connectivity index (χ0n) is 31.0. The molecule has 0 bridgehead atoms. The number of aryl methyl sites for hydroxylation is 2. The van der Waals surface area contributed by atoms with E-state index in [0.29, 0.717) is 0 Å². The summed E-state index contributed by atoms with van der Waals surface area (Å²) in [6.45, 7) is 11.1. The molecular formula is C46H70O. The summed E-state index contributed by atoms with van der Waals surface area (Å²) >= 11 is 0. The van der Waals surface area contributed by atoms with E-state index in [0.717, 1.165) is 36.9 Å². The fourth-order valence-corrected chi connectivity index (χ4v) is 7.80. The number of allylic oxidation sites excluding steroid dienone is 4. The maximum atomic E-state index is 5.99. The first kappa shape index (κ1) is 37.7. The first-order valence-corrected chi connectivity index (χ1v) is 20.0. The highest BCUT2D eigenvalue weighted by Gasteiger charge is 2.16. The van der Waals surface area contributed by atoms with Gasteiger partial charge in [0, 0.05) is 13.2 Å². The Morgan fingerprint density at radius 2 is 0.915 bits per heavy atom. The Morgan fingerprint density at radius 1 is 0.511 bits per heavy atom. The third-order valence-electron chi connectivity index (χ3n) is 10.8. The van der Waals surface area contributed by atoms with Crippen LogP contribution >= 0.6 is 0 Å². The molecule has 2 aromatic rings. The molecule has 0 saturated carbocycles. The van der Waals surface area contributed by atoms with Crippen LogP contribution in [0.2, 0.25) is 0 Å². The SMILES string of the molecule is CC(C)Cc1ccc(CCC2CC=C(CCCCCOCCCCCC3=CCC(CCc4ccc(CC(C)C)cc4)CC3)CC2)cc1. The average molecular weight is 639 g/mol. The summed E-state index contributed by atoms with van der Waals surface area (Å²) in [4.78, 5) is 0. The number of benzene rings is 2. The van der Waals surface area contributed by atoms with Crippen LogP contribution in [0.4, 0.5) is 0 Å². The minimum absolute atomic E-state index is 0.737. The molecule has 0 spiro atoms. The third kappa shape index (κ3) is 15.8. The van der Waals surface area contributed by atoms with Gasteiger partial charge in [0.1, 0.15) is 0 Å². The van der Waals surface area contributed by atoms with E-state index in [9.17, 15) is 0 Å². The molecule has 0 saturated heterocycles. The summed E-state index contributed by atoms with van der Waals surface area (Å²) in [7, 11) is 0. The largest absolute Gasteiger partial charge is 0.381 e. The van der Waals surface area contributed by atoms with Gasteiger partial charge < -0.3 is 4.74 Å². The number of rotatable bonds is 22. The van der Waals surface area contributed by atoms with Crippen molar-refractivity contribution in [1.29, 1.82) is 0 Å². The molecule has 0 N–H and O–H groups in total. The standard InChI is InChI=1S/C46H70O/c1-37(2)35-45-29-25-43(26-30-45)23-21-41-17-13-39(14-18-41)11-7-5-9-33-47-34-10-6-8-12-40-15-19-42(20-16-40)22-24-44-27-31-46(32-28-44)36-38(3)4/h13,15,25-32,37-38,41-42H,5-12,14,16-24,33-36H2,1-4H3. The zero-order valence-corrected chi connectivity index (χ0v) is 31.0. The molecule has 0 amide bonds. The van der Waals surface area contributed by atoms with Crippen molar-refractivity contribution in [2.45, 2.75) is 156 Å². The lowest BCUT2D eigenvalue weighted by molar-refractivity contribution is 0.126. The van der Waals surface area contributed by atoms with E-state index < -0.39 is 0 Å². The summed E-state index contributed by atoms with van der Waals surface area (Å²) in [5.74, 6) is 3.24. The van der Waals surface area contributed by atoms with Crippen LogP contribution < -0.4 is 0 Å². The van der Waals surface area contributed by atoms with Gasteiger partial charge in [-0.3, -0.25) is 0 Å². The lowest BCUT2D eigenvalue weighted by Gasteiger charge is -2.22. The van der Waals surface area contributed by atoms with Crippen LogP contribution in [0.3, 0.4) is 0 Å². The Kier molecular flexibility index (Phi) is 17.5. The summed E-state index contributed by atoms with van der Waals surface area (Å²) < 4.78 is 5.99. The molecule has 2 unspecified atom stereocenters. The molecule has 2 aliphatic rings. The van der Waals surface area contributed by atoms with Gasteiger partial charge >= 0.3 is 0 Å². The van der Waals surface area contributed by atoms with E-state index in [4.69, 9.17) is 4.74 Å². The van der Waals surface area contributed by atoms with E-state index in [1.54, 1.807) is 11.1 Å². The van der Waals surface area contributed by atoms with Gasteiger partial charge in [0.05, 0.1) is 0 Å². The van der Waals surface area contributed by atoms with Crippen molar-refractivity contribution in [3.8, 4) is 0 Å². The second-order valence-corrected chi connectivity index (χ2v) is 16.1. The van der Waals surface area contributed by atoms with Crippen molar-refractivity contribution in [2.75, 3.05) is 13.2 Å². The van der Waals surface area contributed by atoms with Crippen LogP contribution in [0.25, 0.3) is 0 Å². The van der Waals surface area contributed by atoms with Crippen LogP contribution in [-0.4, -0.2) is 13.2 Å². The zero-order chi connectivity index (χ0) is 33.1. The normalized spacial score (nSPS) is 18.5. The van der Waals surface area contributed by atoms with Crippen LogP contribution in [0.15, 0.2) is 71.8 Å². The predicted molar refractivity (Wildman–Crippen MR) is 205 cm³/mol. The molecule has 2 aliphatic carbocycles. The first-order chi connectivity index (χ1) is 22.9. The minimum Gasteiger partial charge on any atom is -0.381 e. The highest BCUT2D eigenvalue weighted by molar-refractivity contribution is 5.24. The Hall–Kier alpha value is -2.12. The van der Waals surface area contributed by atoms with E-state index >= 15 is 0 Å². The van der Waals surface area contributed by atoms with Gasteiger partial charge in [0.25, 0.3) is 0 Å². The van der Waals surface area contributed by atoms with Crippen molar-refractivity contribution in [2.24, 2.45) is 23.7 Å². The van der Waals surface area contributed by atoms with Crippen LogP contribution in [0, 0.1) is 23.7 Å². The van der Waals surface area contributed by atoms with Crippen LogP contribution in [0.5, 0.6) is 0 Å². The minimum atomic E-state index is 0.737. The molecule has 47 heavy (non-hydrogen) atoms. The number of unbranched alkanes of at least 4 members (excludes halogenated alkanes) is 4. The topological polar surface area (TPSA) is 9.23 Å². The fraction of sp³-hybridized carbons (Fsp3) is 0.652. The molecule has 0 fully saturated rings. The van der Waals surface area contributed by atoms with Crippen molar-refractivity contribution in [3.63, 3.8) is 0 Å². The first-order valence-electron chi connectivity index (χ1n) is 20.0. The van der Waals surface area contributed by atoms with Crippen molar-refractivity contribution >= 4 is 0 Å². The molecule has 0 radical (unpaired) electrons. The predicted octanol–water partition coefficient (Wildman–Crippen LogP) is 13.2. The summed E-state index contributed by atoms with van der Waals surface area (Å²) in [6, 6.07) is 18.9. The molecule has 260 valence electrons. The molecule has 1 nitrogen and oxygen atoms in total. The van der Waals surface area contributed by atoms with Gasteiger partial charge in [0.15, 0.2) is 0 Å². The molecule has 0 heterocycles. The van der Waals surface area contributed by atoms with Gasteiger partial charge in [0.2, 0.25) is 0 Å². The third-order valence-corrected chi connectivity index (χ3v) is 10.8. The molecule has 0 aliphatic heterocycles. The van der Waals surface area contributed by atoms with Crippen molar-refractivity contribution in [3.05, 3.63) is 94.1 Å². The quantitative estimate of drug-likeness (QED) is 0.0921. The van der Waals surface area contributed by atoms with Gasteiger partial charge in [-0.25, -0.2) is 0 Å². The summed E-state index contributed by atoms with van der Waals surface area (Å²) in [6.07, 6.45) is 31.2. The monoisotopic (exact) mass is 639 g/mol. The molecular weight excluding hydrogens is 569 g/mol. The smallest absolute Gasteiger partial charge is 0.0466 e. The molecule has 2 atom stereocenters. The fourth-order valence-electron chi connectivity index (χ4n) is 7.80. The van der Waals surface area contributed by atoms with Crippen molar-refractivity contribution < 1.29 is 4.74 Å². The maximum Gasteiger partial charge on any atom is 0.0466 e. The lowest BCUT2D eigenvalue weighted by atomic mass is 9.84. The molecule has 1 heteroatoms. The molecule has 2 aromatic carbocycles. The average Bonchev–Trinajstić information content (AvgIpc) is 3.07. The van der Waals surface area contributed by atoms with E-state index in [2.05, 4.69) is 88.4 Å². The van der Waals surface area contributed by atoms with Gasteiger partial charge in [-0.15, -0.1) is 0 Å². The molecule has 4 rings (SSSR count). The van der Waals surface area contributed by atoms with E-state index in [1.807, 2.05) is 0 Å². The Balaban J connectivity index is 0.927. The van der Waals surface area contributed by atoms with Gasteiger partial charge in [-0.05, 0) is 162 Å². The number of ether oxygens (including phenoxy) is 1. The summed E-state index contributed by atoms with van der Waals surface area (Å²) in [5.41, 5.74) is 9.46. The summed E-state index contributed by atoms with van der Waals surface area (Å²) in [5, 5.41) is 0. The Morgan fingerprint density at radius 3 is 1.28 bits per heavy atom. The van der Waals surface area contributed by atoms with E-state index in [1.165, 1.54) is 151 Å². The number of hydrogen-bond acceptors (Lipinski definition) is 1.